The van der Waals surface area contributed by atoms with Crippen molar-refractivity contribution in [1.82, 2.24) is 0 Å². The topological polar surface area (TPSA) is 26.3 Å². The fourth-order valence-electron chi connectivity index (χ4n) is 20.0. The van der Waals surface area contributed by atoms with Crippen LogP contribution in [-0.4, -0.2) is 0 Å². The highest BCUT2D eigenvalue weighted by Crippen LogP contribution is 2.51. The van der Waals surface area contributed by atoms with Crippen LogP contribution in [-0.2, 0) is 0 Å². The van der Waals surface area contributed by atoms with Gasteiger partial charge in [0.1, 0.15) is 22.3 Å². The molecule has 4 heteroatoms. The molecule has 544 valence electrons. The number of benzene rings is 22. The van der Waals surface area contributed by atoms with E-state index in [1.165, 1.54) is 182 Å². The summed E-state index contributed by atoms with van der Waals surface area (Å²) in [4.78, 5) is 0. The number of hydrogen-bond donors (Lipinski definition) is 0. The van der Waals surface area contributed by atoms with Gasteiger partial charge in [-0.25, -0.2) is 0 Å². The van der Waals surface area contributed by atoms with E-state index in [-0.39, 0.29) is 0 Å². The summed E-state index contributed by atoms with van der Waals surface area (Å²) in [5, 5.41) is 32.1. The highest BCUT2D eigenvalue weighted by atomic mass is 32.1. The molecule has 4 aromatic heterocycles. The molecule has 0 unspecified atom stereocenters. The van der Waals surface area contributed by atoms with Gasteiger partial charge in [0.15, 0.2) is 0 Å². The molecule has 0 atom stereocenters. The second-order valence-corrected chi connectivity index (χ2v) is 34.1. The van der Waals surface area contributed by atoms with E-state index in [1.54, 1.807) is 0 Å². The van der Waals surface area contributed by atoms with E-state index < -0.39 is 0 Å². The molecule has 0 saturated heterocycles. The van der Waals surface area contributed by atoms with Gasteiger partial charge < -0.3 is 8.83 Å². The molecule has 0 aliphatic carbocycles. The molecule has 0 fully saturated rings. The zero-order valence-corrected chi connectivity index (χ0v) is 65.2. The zero-order chi connectivity index (χ0) is 77.0. The number of thiophene rings is 2. The van der Waals surface area contributed by atoms with Gasteiger partial charge in [-0.15, -0.1) is 22.7 Å². The van der Waals surface area contributed by atoms with Crippen LogP contribution in [0, 0.1) is 0 Å². The normalized spacial score (nSPS) is 12.2. The Morgan fingerprint density at radius 3 is 0.907 bits per heavy atom. The Bertz CT molecular complexity index is 8820. The largest absolute Gasteiger partial charge is 0.456 e. The van der Waals surface area contributed by atoms with Crippen LogP contribution >= 0.6 is 22.7 Å². The minimum absolute atomic E-state index is 0.844. The van der Waals surface area contributed by atoms with Crippen LogP contribution in [0.2, 0.25) is 0 Å². The molecule has 0 N–H and O–H groups in total. The van der Waals surface area contributed by atoms with Crippen LogP contribution in [0.5, 0.6) is 0 Å². The first-order chi connectivity index (χ1) is 58.4. The van der Waals surface area contributed by atoms with Crippen LogP contribution in [0.15, 0.2) is 397 Å². The van der Waals surface area contributed by atoms with E-state index >= 15 is 0 Å². The first-order valence-electron chi connectivity index (χ1n) is 40.5. The number of para-hydroxylation sites is 2. The quantitative estimate of drug-likeness (QED) is 0.142. The van der Waals surface area contributed by atoms with Gasteiger partial charge in [-0.2, -0.15) is 0 Å². The van der Waals surface area contributed by atoms with E-state index in [9.17, 15) is 0 Å². The van der Waals surface area contributed by atoms with Crippen molar-refractivity contribution in [3.63, 3.8) is 0 Å². The summed E-state index contributed by atoms with van der Waals surface area (Å²) in [5.41, 5.74) is 22.0. The van der Waals surface area contributed by atoms with Gasteiger partial charge in [0.25, 0.3) is 0 Å². The molecule has 0 aliphatic heterocycles. The second-order valence-electron chi connectivity index (χ2n) is 32.0. The lowest BCUT2D eigenvalue weighted by Crippen LogP contribution is -1.88. The van der Waals surface area contributed by atoms with E-state index in [2.05, 4.69) is 382 Å². The van der Waals surface area contributed by atoms with Crippen molar-refractivity contribution < 1.29 is 8.83 Å². The summed E-state index contributed by atoms with van der Waals surface area (Å²) < 4.78 is 18.9. The average Bonchev–Trinajstić information content (AvgIpc) is 1.59. The Labute approximate surface area is 684 Å². The third kappa shape index (κ3) is 9.98. The molecular weight excluding hydrogens is 1470 g/mol. The summed E-state index contributed by atoms with van der Waals surface area (Å²) in [6.45, 7) is 0. The van der Waals surface area contributed by atoms with E-state index in [0.29, 0.717) is 0 Å². The van der Waals surface area contributed by atoms with E-state index in [1.807, 2.05) is 28.7 Å². The van der Waals surface area contributed by atoms with Crippen molar-refractivity contribution in [3.05, 3.63) is 388 Å². The number of rotatable bonds is 8. The summed E-state index contributed by atoms with van der Waals surface area (Å²) in [6, 6.07) is 145. The van der Waals surface area contributed by atoms with Gasteiger partial charge >= 0.3 is 0 Å². The lowest BCUT2D eigenvalue weighted by atomic mass is 9.89. The molecule has 22 aromatic carbocycles. The second kappa shape index (κ2) is 25.4. The Morgan fingerprint density at radius 2 is 0.415 bits per heavy atom. The van der Waals surface area contributed by atoms with E-state index in [0.717, 1.165) is 88.4 Å². The van der Waals surface area contributed by atoms with Gasteiger partial charge in [0, 0.05) is 78.6 Å². The summed E-state index contributed by atoms with van der Waals surface area (Å²) in [6.07, 6.45) is 0. The molecule has 0 amide bonds. The summed E-state index contributed by atoms with van der Waals surface area (Å²) >= 11 is 3.80. The van der Waals surface area contributed by atoms with Crippen molar-refractivity contribution in [2.75, 3.05) is 0 Å². The molecule has 4 heterocycles. The predicted octanol–water partition coefficient (Wildman–Crippen LogP) is 33.9. The van der Waals surface area contributed by atoms with Crippen LogP contribution in [0.25, 0.3) is 270 Å². The van der Waals surface area contributed by atoms with Crippen LogP contribution < -0.4 is 0 Å². The Kier molecular flexibility index (Phi) is 14.1. The molecule has 0 aliphatic rings. The predicted molar refractivity (Wildman–Crippen MR) is 508 cm³/mol. The number of furan rings is 2. The molecule has 0 spiro atoms. The first-order valence-corrected chi connectivity index (χ1v) is 42.2. The average molecular weight is 1530 g/mol. The Morgan fingerprint density at radius 1 is 0.136 bits per heavy atom. The summed E-state index contributed by atoms with van der Waals surface area (Å²) in [7, 11) is 0. The zero-order valence-electron chi connectivity index (χ0n) is 63.6. The molecular formula is C114H64O2S2. The van der Waals surface area contributed by atoms with Gasteiger partial charge in [-0.1, -0.05) is 273 Å². The van der Waals surface area contributed by atoms with Gasteiger partial charge in [0.2, 0.25) is 0 Å². The van der Waals surface area contributed by atoms with Crippen molar-refractivity contribution in [2.24, 2.45) is 0 Å². The minimum Gasteiger partial charge on any atom is -0.456 e. The van der Waals surface area contributed by atoms with Crippen LogP contribution in [0.4, 0.5) is 0 Å². The third-order valence-corrected chi connectivity index (χ3v) is 28.0. The molecule has 2 nitrogen and oxygen atoms in total. The molecule has 0 radical (unpaired) electrons. The first kappa shape index (κ1) is 65.6. The lowest BCUT2D eigenvalue weighted by Gasteiger charge is -2.15. The number of fused-ring (bicyclic) bond motifs is 30. The summed E-state index contributed by atoms with van der Waals surface area (Å²) in [5.74, 6) is 0. The van der Waals surface area contributed by atoms with Crippen molar-refractivity contribution in [1.29, 1.82) is 0 Å². The Balaban J connectivity index is 0.575. The van der Waals surface area contributed by atoms with Gasteiger partial charge in [0.05, 0.1) is 0 Å². The monoisotopic (exact) mass is 1530 g/mol. The maximum Gasteiger partial charge on any atom is 0.143 e. The van der Waals surface area contributed by atoms with Crippen molar-refractivity contribution >= 4 is 204 Å². The third-order valence-electron chi connectivity index (χ3n) is 25.6. The number of hydrogen-bond acceptors (Lipinski definition) is 4. The van der Waals surface area contributed by atoms with E-state index in [4.69, 9.17) is 8.83 Å². The van der Waals surface area contributed by atoms with Gasteiger partial charge in [-0.05, 0) is 285 Å². The van der Waals surface area contributed by atoms with Crippen LogP contribution in [0.3, 0.4) is 0 Å². The fourth-order valence-corrected chi connectivity index (χ4v) is 22.4. The molecule has 0 bridgehead atoms. The highest BCUT2D eigenvalue weighted by Gasteiger charge is 2.24. The standard InChI is InChI=1S/C114H64O2S2/c1-3-25-83-79(21-1)81-23-5-7-27-85(81)102-56-67(40-46-89(83)102)73-52-74(69-42-49-94-93-31-11-14-36-107(93)115-108(94)63-69)54-75(53-73)70-43-50-95-98-35-18-34-78(112(98)116-109(95)64-70)72-44-48-92-91-45-39-66(55-101(91)87-29-9-10-30-88(87)104(92)58-72)65-19-17-20-71(51-65)99-61-77(62-106-97-33-13-16-38-111(97)117-113(99)106)100-59-76(60-105-96-32-12-15-37-110(96)118-114(100)105)68-41-47-90-84-26-4-2-22-80(84)82-24-6-8-28-86(82)103(90)57-68/h1-64H. The van der Waals surface area contributed by atoms with Crippen LogP contribution in [0.1, 0.15) is 0 Å². The smallest absolute Gasteiger partial charge is 0.143 e. The Hall–Kier alpha value is -14.8. The highest BCUT2D eigenvalue weighted by molar-refractivity contribution is 7.27. The van der Waals surface area contributed by atoms with Gasteiger partial charge in [-0.3, -0.25) is 0 Å². The molecule has 26 rings (SSSR count). The maximum absolute atomic E-state index is 7.22. The maximum atomic E-state index is 7.22. The van der Waals surface area contributed by atoms with Crippen molar-refractivity contribution in [3.8, 4) is 89.0 Å². The molecule has 118 heavy (non-hydrogen) atoms. The fraction of sp³-hybridized carbons (Fsp3) is 0. The lowest BCUT2D eigenvalue weighted by molar-refractivity contribution is 0.669. The SMILES string of the molecule is c1cc(-c2ccc3c4ccc(-c5cccc6c5oc5cc(-c7cc(-c8ccc9c(c8)oc8ccccc89)cc(-c8ccc9c%10ccccc%10c%10ccccc%10c9c8)c7)ccc56)cc4c4ccccc4c3c2)cc(-c2cc(-c3cc(-c4ccc5c6ccccc6c6ccccc6c5c4)cc4c3sc3ccccc34)cc3c2sc2ccccc23)c1. The molecule has 0 saturated carbocycles. The van der Waals surface area contributed by atoms with Crippen molar-refractivity contribution in [2.45, 2.75) is 0 Å². The molecule has 26 aromatic rings. The minimum atomic E-state index is 0.844.